The average molecular weight is 443 g/mol. The highest BCUT2D eigenvalue weighted by atomic mass is 79.9. The van der Waals surface area contributed by atoms with Gasteiger partial charge in [-0.1, -0.05) is 41.1 Å². The summed E-state index contributed by atoms with van der Waals surface area (Å²) in [6.45, 7) is 5.91. The number of para-hydroxylation sites is 1. The molecular formula is C22H23BrN2O3. The zero-order valence-electron chi connectivity index (χ0n) is 16.4. The lowest BCUT2D eigenvalue weighted by Crippen LogP contribution is -2.21. The predicted octanol–water partition coefficient (Wildman–Crippen LogP) is 5.44. The molecule has 2 aromatic rings. The molecule has 146 valence electrons. The number of nitrogens with zero attached hydrogens (tertiary/aromatic N) is 2. The SMILES string of the molecule is CC[C@H](C)Oc1cc(Br)c(/C=C2/C(=O)N(c3ccccc3)N=C2C)cc1OC. The number of carbonyl (C=O) groups excluding carboxylic acids is 1. The maximum Gasteiger partial charge on any atom is 0.280 e. The number of rotatable bonds is 6. The van der Waals surface area contributed by atoms with Crippen LogP contribution in [0.3, 0.4) is 0 Å². The first kappa shape index (κ1) is 20.1. The summed E-state index contributed by atoms with van der Waals surface area (Å²) >= 11 is 3.58. The van der Waals surface area contributed by atoms with Gasteiger partial charge in [-0.15, -0.1) is 0 Å². The third-order valence-electron chi connectivity index (χ3n) is 4.55. The largest absolute Gasteiger partial charge is 0.493 e. The molecule has 0 N–H and O–H groups in total. The van der Waals surface area contributed by atoms with Crippen LogP contribution in [0.1, 0.15) is 32.8 Å². The third kappa shape index (κ3) is 4.12. The van der Waals surface area contributed by atoms with Crippen LogP contribution in [0, 0.1) is 0 Å². The molecule has 1 aliphatic rings. The van der Waals surface area contributed by atoms with E-state index in [-0.39, 0.29) is 12.0 Å². The number of hydrogen-bond donors (Lipinski definition) is 0. The van der Waals surface area contributed by atoms with Gasteiger partial charge in [-0.05, 0) is 56.2 Å². The molecule has 0 saturated carbocycles. The summed E-state index contributed by atoms with van der Waals surface area (Å²) in [5, 5.41) is 5.84. The predicted molar refractivity (Wildman–Crippen MR) is 116 cm³/mol. The summed E-state index contributed by atoms with van der Waals surface area (Å²) in [4.78, 5) is 12.9. The molecule has 0 saturated heterocycles. The van der Waals surface area contributed by atoms with E-state index in [0.29, 0.717) is 22.8 Å². The minimum Gasteiger partial charge on any atom is -0.493 e. The first-order valence-electron chi connectivity index (χ1n) is 9.15. The van der Waals surface area contributed by atoms with Crippen LogP contribution >= 0.6 is 15.9 Å². The Bertz CT molecular complexity index is 938. The van der Waals surface area contributed by atoms with Gasteiger partial charge in [-0.3, -0.25) is 4.79 Å². The smallest absolute Gasteiger partial charge is 0.280 e. The van der Waals surface area contributed by atoms with Crippen molar-refractivity contribution in [1.29, 1.82) is 0 Å². The molecule has 0 radical (unpaired) electrons. The molecule has 0 aromatic heterocycles. The topological polar surface area (TPSA) is 51.1 Å². The van der Waals surface area contributed by atoms with Crippen LogP contribution in [0.2, 0.25) is 0 Å². The molecule has 1 amide bonds. The van der Waals surface area contributed by atoms with E-state index in [0.717, 1.165) is 22.1 Å². The van der Waals surface area contributed by atoms with Crippen LogP contribution in [-0.4, -0.2) is 24.8 Å². The number of anilines is 1. The van der Waals surface area contributed by atoms with Crippen molar-refractivity contribution >= 4 is 39.3 Å². The zero-order chi connectivity index (χ0) is 20.3. The van der Waals surface area contributed by atoms with Crippen LogP contribution in [-0.2, 0) is 4.79 Å². The van der Waals surface area contributed by atoms with Crippen molar-refractivity contribution in [2.24, 2.45) is 5.10 Å². The van der Waals surface area contributed by atoms with Gasteiger partial charge in [0.1, 0.15) is 0 Å². The molecule has 5 nitrogen and oxygen atoms in total. The van der Waals surface area contributed by atoms with Gasteiger partial charge in [0.25, 0.3) is 5.91 Å². The molecular weight excluding hydrogens is 420 g/mol. The van der Waals surface area contributed by atoms with E-state index in [1.165, 1.54) is 5.01 Å². The molecule has 1 heterocycles. The number of carbonyl (C=O) groups is 1. The van der Waals surface area contributed by atoms with E-state index < -0.39 is 0 Å². The molecule has 2 aromatic carbocycles. The van der Waals surface area contributed by atoms with Crippen molar-refractivity contribution in [2.45, 2.75) is 33.3 Å². The number of hydrogen-bond acceptors (Lipinski definition) is 4. The number of amides is 1. The Balaban J connectivity index is 1.95. The molecule has 1 atom stereocenters. The lowest BCUT2D eigenvalue weighted by atomic mass is 10.1. The van der Waals surface area contributed by atoms with Crippen LogP contribution in [0.5, 0.6) is 11.5 Å². The number of hydrazone groups is 1. The molecule has 28 heavy (non-hydrogen) atoms. The fraction of sp³-hybridized carbons (Fsp3) is 0.273. The van der Waals surface area contributed by atoms with Gasteiger partial charge in [-0.2, -0.15) is 10.1 Å². The summed E-state index contributed by atoms with van der Waals surface area (Å²) in [6, 6.07) is 13.1. The normalized spacial score (nSPS) is 16.3. The Morgan fingerprint density at radius 2 is 1.93 bits per heavy atom. The van der Waals surface area contributed by atoms with E-state index in [9.17, 15) is 4.79 Å². The van der Waals surface area contributed by atoms with Crippen molar-refractivity contribution < 1.29 is 14.3 Å². The van der Waals surface area contributed by atoms with Crippen molar-refractivity contribution in [3.05, 3.63) is 58.1 Å². The first-order chi connectivity index (χ1) is 13.4. The van der Waals surface area contributed by atoms with E-state index in [1.54, 1.807) is 7.11 Å². The minimum absolute atomic E-state index is 0.0789. The molecule has 0 fully saturated rings. The molecule has 1 aliphatic heterocycles. The van der Waals surface area contributed by atoms with Gasteiger partial charge in [0.2, 0.25) is 0 Å². The highest BCUT2D eigenvalue weighted by Gasteiger charge is 2.29. The second-order valence-corrected chi connectivity index (χ2v) is 7.41. The summed E-state index contributed by atoms with van der Waals surface area (Å²) in [5.74, 6) is 1.13. The van der Waals surface area contributed by atoms with Crippen molar-refractivity contribution in [2.75, 3.05) is 12.1 Å². The lowest BCUT2D eigenvalue weighted by Gasteiger charge is -2.17. The molecule has 6 heteroatoms. The molecule has 0 spiro atoms. The van der Waals surface area contributed by atoms with E-state index in [2.05, 4.69) is 28.0 Å². The van der Waals surface area contributed by atoms with Crippen molar-refractivity contribution in [3.63, 3.8) is 0 Å². The monoisotopic (exact) mass is 442 g/mol. The highest BCUT2D eigenvalue weighted by molar-refractivity contribution is 9.10. The van der Waals surface area contributed by atoms with E-state index in [4.69, 9.17) is 9.47 Å². The second-order valence-electron chi connectivity index (χ2n) is 6.56. The van der Waals surface area contributed by atoms with Gasteiger partial charge in [0.15, 0.2) is 11.5 Å². The summed E-state index contributed by atoms with van der Waals surface area (Å²) in [5.41, 5.74) is 2.77. The second kappa shape index (κ2) is 8.61. The van der Waals surface area contributed by atoms with Gasteiger partial charge in [0.05, 0.1) is 30.2 Å². The number of benzene rings is 2. The van der Waals surface area contributed by atoms with E-state index >= 15 is 0 Å². The Kier molecular flexibility index (Phi) is 6.19. The van der Waals surface area contributed by atoms with Crippen molar-refractivity contribution in [3.8, 4) is 11.5 Å². The minimum atomic E-state index is -0.158. The van der Waals surface area contributed by atoms with E-state index in [1.807, 2.05) is 62.4 Å². The fourth-order valence-corrected chi connectivity index (χ4v) is 3.23. The van der Waals surface area contributed by atoms with Crippen LogP contribution in [0.25, 0.3) is 6.08 Å². The summed E-state index contributed by atoms with van der Waals surface area (Å²) in [6.07, 6.45) is 2.80. The number of methoxy groups -OCH3 is 1. The molecule has 0 unspecified atom stereocenters. The first-order valence-corrected chi connectivity index (χ1v) is 9.94. The number of halogens is 1. The van der Waals surface area contributed by atoms with Crippen LogP contribution < -0.4 is 14.5 Å². The maximum absolute atomic E-state index is 12.9. The molecule has 0 aliphatic carbocycles. The van der Waals surface area contributed by atoms with Crippen molar-refractivity contribution in [1.82, 2.24) is 0 Å². The Hall–Kier alpha value is -2.60. The highest BCUT2D eigenvalue weighted by Crippen LogP contribution is 2.36. The third-order valence-corrected chi connectivity index (χ3v) is 5.24. The zero-order valence-corrected chi connectivity index (χ0v) is 18.0. The summed E-state index contributed by atoms with van der Waals surface area (Å²) in [7, 11) is 1.61. The average Bonchev–Trinajstić information content (AvgIpc) is 2.98. The van der Waals surface area contributed by atoms with Gasteiger partial charge < -0.3 is 9.47 Å². The summed E-state index contributed by atoms with van der Waals surface area (Å²) < 4.78 is 12.2. The van der Waals surface area contributed by atoms with Gasteiger partial charge in [-0.25, -0.2) is 0 Å². The maximum atomic E-state index is 12.9. The van der Waals surface area contributed by atoms with Gasteiger partial charge >= 0.3 is 0 Å². The standard InChI is InChI=1S/C22H23BrN2O3/c1-5-14(2)28-21-13-19(23)16(12-20(21)27-4)11-18-15(3)24-25(22(18)26)17-9-7-6-8-10-17/h6-14H,5H2,1-4H3/b18-11+/t14-/m0/s1. The van der Waals surface area contributed by atoms with Crippen LogP contribution in [0.4, 0.5) is 5.69 Å². The molecule has 0 bridgehead atoms. The Labute approximate surface area is 173 Å². The number of ether oxygens (including phenoxy) is 2. The fourth-order valence-electron chi connectivity index (χ4n) is 2.80. The van der Waals surface area contributed by atoms with Gasteiger partial charge in [0, 0.05) is 4.47 Å². The quantitative estimate of drug-likeness (QED) is 0.559. The Morgan fingerprint density at radius 1 is 1.21 bits per heavy atom. The molecule has 3 rings (SSSR count). The Morgan fingerprint density at radius 3 is 2.57 bits per heavy atom. The van der Waals surface area contributed by atoms with Crippen LogP contribution in [0.15, 0.2) is 57.6 Å². The lowest BCUT2D eigenvalue weighted by molar-refractivity contribution is -0.114.